The van der Waals surface area contributed by atoms with Gasteiger partial charge in [-0.3, -0.25) is 4.79 Å². The first kappa shape index (κ1) is 16.4. The van der Waals surface area contributed by atoms with Crippen LogP contribution in [0.15, 0.2) is 42.5 Å². The Labute approximate surface area is 136 Å². The van der Waals surface area contributed by atoms with Crippen LogP contribution in [0.5, 0.6) is 5.75 Å². The van der Waals surface area contributed by atoms with Gasteiger partial charge in [-0.2, -0.15) is 0 Å². The van der Waals surface area contributed by atoms with Gasteiger partial charge in [-0.1, -0.05) is 36.7 Å². The van der Waals surface area contributed by atoms with E-state index in [1.54, 1.807) is 6.07 Å². The lowest BCUT2D eigenvalue weighted by Gasteiger charge is -2.08. The highest BCUT2D eigenvalue weighted by Crippen LogP contribution is 2.20. The molecule has 4 heteroatoms. The summed E-state index contributed by atoms with van der Waals surface area (Å²) in [5.74, 6) is 0.688. The van der Waals surface area contributed by atoms with Gasteiger partial charge in [0.05, 0.1) is 13.0 Å². The molecule has 0 saturated heterocycles. The summed E-state index contributed by atoms with van der Waals surface area (Å²) >= 11 is 6.03. The minimum atomic E-state index is -0.0925. The van der Waals surface area contributed by atoms with Gasteiger partial charge in [0.2, 0.25) is 5.91 Å². The molecular formula is C18H20ClNO2. The largest absolute Gasteiger partial charge is 0.493 e. The van der Waals surface area contributed by atoms with Gasteiger partial charge in [0, 0.05) is 10.7 Å². The summed E-state index contributed by atoms with van der Waals surface area (Å²) in [6.07, 6.45) is 1.29. The van der Waals surface area contributed by atoms with Gasteiger partial charge in [0.1, 0.15) is 5.75 Å². The quantitative estimate of drug-likeness (QED) is 0.844. The normalized spacial score (nSPS) is 10.3. The molecule has 0 unspecified atom stereocenters. The van der Waals surface area contributed by atoms with Gasteiger partial charge in [-0.05, 0) is 48.7 Å². The van der Waals surface area contributed by atoms with Crippen molar-refractivity contribution in [3.05, 3.63) is 58.6 Å². The van der Waals surface area contributed by atoms with E-state index in [-0.39, 0.29) is 5.91 Å². The number of nitrogens with one attached hydrogen (secondary N) is 1. The van der Waals surface area contributed by atoms with Crippen LogP contribution in [0.3, 0.4) is 0 Å². The molecule has 0 spiro atoms. The van der Waals surface area contributed by atoms with E-state index in [0.717, 1.165) is 17.7 Å². The molecule has 0 saturated carbocycles. The molecule has 0 fully saturated rings. The number of benzene rings is 2. The molecule has 0 aliphatic heterocycles. The third-order valence-corrected chi connectivity index (χ3v) is 3.79. The van der Waals surface area contributed by atoms with Crippen LogP contribution in [0.1, 0.15) is 24.5 Å². The molecular weight excluding hydrogens is 298 g/mol. The van der Waals surface area contributed by atoms with E-state index < -0.39 is 0 Å². The van der Waals surface area contributed by atoms with Crippen LogP contribution in [0, 0.1) is 6.92 Å². The summed E-state index contributed by atoms with van der Waals surface area (Å²) in [5, 5.41) is 3.45. The Morgan fingerprint density at radius 1 is 1.18 bits per heavy atom. The second-order valence-corrected chi connectivity index (χ2v) is 5.52. The highest BCUT2D eigenvalue weighted by Gasteiger charge is 2.04. The average molecular weight is 318 g/mol. The van der Waals surface area contributed by atoms with Crippen molar-refractivity contribution in [2.75, 3.05) is 11.9 Å². The van der Waals surface area contributed by atoms with Crippen molar-refractivity contribution in [2.24, 2.45) is 0 Å². The molecule has 0 bridgehead atoms. The van der Waals surface area contributed by atoms with Crippen LogP contribution < -0.4 is 10.1 Å². The zero-order chi connectivity index (χ0) is 15.9. The minimum absolute atomic E-state index is 0.0925. The second-order valence-electron chi connectivity index (χ2n) is 5.11. The SMILES string of the molecule is CCc1ccc(OCCC(=O)Nc2ccc(C)c(Cl)c2)cc1. The fourth-order valence-corrected chi connectivity index (χ4v) is 2.16. The predicted octanol–water partition coefficient (Wildman–Crippen LogP) is 4.62. The highest BCUT2D eigenvalue weighted by atomic mass is 35.5. The molecule has 3 nitrogen and oxygen atoms in total. The summed E-state index contributed by atoms with van der Waals surface area (Å²) in [4.78, 5) is 11.9. The van der Waals surface area contributed by atoms with Gasteiger partial charge in [-0.25, -0.2) is 0 Å². The Morgan fingerprint density at radius 2 is 1.91 bits per heavy atom. The van der Waals surface area contributed by atoms with Gasteiger partial charge in [-0.15, -0.1) is 0 Å². The second kappa shape index (κ2) is 7.85. The number of ether oxygens (including phenoxy) is 1. The standard InChI is InChI=1S/C18H20ClNO2/c1-3-14-5-8-16(9-6-14)22-11-10-18(21)20-15-7-4-13(2)17(19)12-15/h4-9,12H,3,10-11H2,1-2H3,(H,20,21). The van der Waals surface area contributed by atoms with Crippen LogP contribution in [0.25, 0.3) is 0 Å². The van der Waals surface area contributed by atoms with E-state index in [9.17, 15) is 4.79 Å². The number of hydrogen-bond acceptors (Lipinski definition) is 2. The van der Waals surface area contributed by atoms with Gasteiger partial charge in [0.15, 0.2) is 0 Å². The molecule has 0 radical (unpaired) electrons. The number of hydrogen-bond donors (Lipinski definition) is 1. The third kappa shape index (κ3) is 4.78. The lowest BCUT2D eigenvalue weighted by Crippen LogP contribution is -2.15. The van der Waals surface area contributed by atoms with Gasteiger partial charge in [0.25, 0.3) is 0 Å². The van der Waals surface area contributed by atoms with Crippen molar-refractivity contribution in [3.63, 3.8) is 0 Å². The molecule has 0 aliphatic carbocycles. The molecule has 2 aromatic rings. The van der Waals surface area contributed by atoms with Crippen molar-refractivity contribution >= 4 is 23.2 Å². The number of anilines is 1. The zero-order valence-corrected chi connectivity index (χ0v) is 13.6. The fraction of sp³-hybridized carbons (Fsp3) is 0.278. The van der Waals surface area contributed by atoms with E-state index in [1.165, 1.54) is 5.56 Å². The molecule has 116 valence electrons. The summed E-state index contributed by atoms with van der Waals surface area (Å²) in [6.45, 7) is 4.38. The Bertz CT molecular complexity index is 638. The van der Waals surface area contributed by atoms with Gasteiger partial charge >= 0.3 is 0 Å². The number of aryl methyl sites for hydroxylation is 2. The Morgan fingerprint density at radius 3 is 2.55 bits per heavy atom. The molecule has 0 atom stereocenters. The summed E-state index contributed by atoms with van der Waals surface area (Å²) in [6, 6.07) is 13.4. The third-order valence-electron chi connectivity index (χ3n) is 3.39. The highest BCUT2D eigenvalue weighted by molar-refractivity contribution is 6.31. The zero-order valence-electron chi connectivity index (χ0n) is 12.9. The van der Waals surface area contributed by atoms with E-state index in [1.807, 2.05) is 43.3 Å². The van der Waals surface area contributed by atoms with Crippen molar-refractivity contribution in [2.45, 2.75) is 26.7 Å². The predicted molar refractivity (Wildman–Crippen MR) is 90.8 cm³/mol. The number of carbonyl (C=O) groups is 1. The molecule has 1 N–H and O–H groups in total. The summed E-state index contributed by atoms with van der Waals surface area (Å²) in [5.41, 5.74) is 2.95. The van der Waals surface area contributed by atoms with Crippen LogP contribution in [-0.2, 0) is 11.2 Å². The molecule has 2 aromatic carbocycles. The molecule has 1 amide bonds. The Kier molecular flexibility index (Phi) is 5.84. The molecule has 22 heavy (non-hydrogen) atoms. The molecule has 0 aromatic heterocycles. The molecule has 0 heterocycles. The summed E-state index contributed by atoms with van der Waals surface area (Å²) < 4.78 is 5.57. The van der Waals surface area contributed by atoms with E-state index in [0.29, 0.717) is 23.7 Å². The van der Waals surface area contributed by atoms with Crippen LogP contribution in [-0.4, -0.2) is 12.5 Å². The minimum Gasteiger partial charge on any atom is -0.493 e. The average Bonchev–Trinajstić information content (AvgIpc) is 2.51. The number of halogens is 1. The van der Waals surface area contributed by atoms with Crippen LogP contribution >= 0.6 is 11.6 Å². The van der Waals surface area contributed by atoms with Crippen molar-refractivity contribution < 1.29 is 9.53 Å². The van der Waals surface area contributed by atoms with Gasteiger partial charge < -0.3 is 10.1 Å². The topological polar surface area (TPSA) is 38.3 Å². The summed E-state index contributed by atoms with van der Waals surface area (Å²) in [7, 11) is 0. The molecule has 0 aliphatic rings. The van der Waals surface area contributed by atoms with Crippen LogP contribution in [0.2, 0.25) is 5.02 Å². The lowest BCUT2D eigenvalue weighted by molar-refractivity contribution is -0.116. The van der Waals surface area contributed by atoms with E-state index in [4.69, 9.17) is 16.3 Å². The van der Waals surface area contributed by atoms with E-state index in [2.05, 4.69) is 12.2 Å². The number of amides is 1. The first-order chi connectivity index (χ1) is 10.6. The van der Waals surface area contributed by atoms with Crippen molar-refractivity contribution in [1.82, 2.24) is 0 Å². The molecule has 2 rings (SSSR count). The van der Waals surface area contributed by atoms with E-state index >= 15 is 0 Å². The fourth-order valence-electron chi connectivity index (χ4n) is 1.98. The lowest BCUT2D eigenvalue weighted by atomic mass is 10.2. The van der Waals surface area contributed by atoms with Crippen LogP contribution in [0.4, 0.5) is 5.69 Å². The first-order valence-corrected chi connectivity index (χ1v) is 7.74. The Balaban J connectivity index is 1.78. The van der Waals surface area contributed by atoms with Crippen molar-refractivity contribution in [1.29, 1.82) is 0 Å². The van der Waals surface area contributed by atoms with Crippen molar-refractivity contribution in [3.8, 4) is 5.75 Å². The smallest absolute Gasteiger partial charge is 0.227 e. The monoisotopic (exact) mass is 317 g/mol. The maximum Gasteiger partial charge on any atom is 0.227 e. The first-order valence-electron chi connectivity index (χ1n) is 7.36. The maximum atomic E-state index is 11.9. The number of carbonyl (C=O) groups excluding carboxylic acids is 1. The number of rotatable bonds is 6. The maximum absolute atomic E-state index is 11.9. The Hall–Kier alpha value is -2.00.